The van der Waals surface area contributed by atoms with E-state index in [2.05, 4.69) is 30.1 Å². The van der Waals surface area contributed by atoms with E-state index in [0.717, 1.165) is 56.0 Å². The van der Waals surface area contributed by atoms with Crippen molar-refractivity contribution < 1.29 is 8.42 Å². The second-order valence-electron chi connectivity index (χ2n) is 8.16. The fraction of sp³-hybridized carbons (Fsp3) is 0.500. The summed E-state index contributed by atoms with van der Waals surface area (Å²) in [5.74, 6) is 1.43. The van der Waals surface area contributed by atoms with Gasteiger partial charge in [0.2, 0.25) is 10.0 Å². The van der Waals surface area contributed by atoms with Crippen molar-refractivity contribution in [3.05, 3.63) is 42.1 Å². The number of nitrogens with one attached hydrogen (secondary N) is 1. The van der Waals surface area contributed by atoms with Crippen LogP contribution in [0.4, 0.5) is 5.82 Å². The molecule has 1 N–H and O–H groups in total. The predicted molar refractivity (Wildman–Crippen MR) is 117 cm³/mol. The molecule has 2 fully saturated rings. The molecule has 0 saturated carbocycles. The van der Waals surface area contributed by atoms with Crippen molar-refractivity contribution in [1.29, 1.82) is 0 Å². The first kappa shape index (κ1) is 20.3. The van der Waals surface area contributed by atoms with Crippen LogP contribution in [0.5, 0.6) is 0 Å². The zero-order valence-corrected chi connectivity index (χ0v) is 18.1. The lowest BCUT2D eigenvalue weighted by atomic mass is 9.98. The summed E-state index contributed by atoms with van der Waals surface area (Å²) >= 11 is 0. The van der Waals surface area contributed by atoms with Gasteiger partial charge in [-0.2, -0.15) is 4.31 Å². The van der Waals surface area contributed by atoms with Gasteiger partial charge in [-0.05, 0) is 48.1 Å². The number of nitrogens with zero attached hydrogens (tertiary/aromatic N) is 3. The third-order valence-electron chi connectivity index (χ3n) is 5.82. The number of sulfonamides is 1. The normalized spacial score (nSPS) is 18.5. The lowest BCUT2D eigenvalue weighted by Crippen LogP contribution is -2.44. The summed E-state index contributed by atoms with van der Waals surface area (Å²) in [5.41, 5.74) is 3.25. The van der Waals surface area contributed by atoms with Crippen molar-refractivity contribution in [3.8, 4) is 11.1 Å². The summed E-state index contributed by atoms with van der Waals surface area (Å²) in [6.45, 7) is 9.53. The van der Waals surface area contributed by atoms with E-state index >= 15 is 0 Å². The van der Waals surface area contributed by atoms with Crippen molar-refractivity contribution in [2.45, 2.75) is 37.5 Å². The minimum Gasteiger partial charge on any atom is -0.354 e. The molecule has 0 atom stereocenters. The van der Waals surface area contributed by atoms with Gasteiger partial charge in [-0.25, -0.2) is 13.4 Å². The Morgan fingerprint density at radius 2 is 1.62 bits per heavy atom. The molecule has 29 heavy (non-hydrogen) atoms. The molecule has 3 heterocycles. The summed E-state index contributed by atoms with van der Waals surface area (Å²) in [4.78, 5) is 7.53. The monoisotopic (exact) mass is 414 g/mol. The van der Waals surface area contributed by atoms with Crippen LogP contribution in [0.1, 0.15) is 38.2 Å². The Labute approximate surface area is 174 Å². The maximum atomic E-state index is 12.7. The first-order valence-electron chi connectivity index (χ1n) is 10.5. The number of rotatable bonds is 5. The average Bonchev–Trinajstić information content (AvgIpc) is 3.30. The highest BCUT2D eigenvalue weighted by Crippen LogP contribution is 2.31. The molecular formula is C22H30N4O2S. The van der Waals surface area contributed by atoms with E-state index in [4.69, 9.17) is 4.98 Å². The third kappa shape index (κ3) is 4.17. The van der Waals surface area contributed by atoms with Crippen LogP contribution >= 0.6 is 0 Å². The van der Waals surface area contributed by atoms with E-state index in [1.807, 2.05) is 18.3 Å². The number of piperazine rings is 1. The molecule has 6 nitrogen and oxygen atoms in total. The molecule has 4 rings (SSSR count). The van der Waals surface area contributed by atoms with Crippen LogP contribution in [-0.2, 0) is 10.0 Å². The smallest absolute Gasteiger partial charge is 0.243 e. The molecule has 2 aliphatic heterocycles. The number of hydrogen-bond acceptors (Lipinski definition) is 5. The van der Waals surface area contributed by atoms with E-state index in [9.17, 15) is 8.42 Å². The maximum absolute atomic E-state index is 12.7. The van der Waals surface area contributed by atoms with Crippen LogP contribution in [0.25, 0.3) is 11.1 Å². The molecule has 2 saturated heterocycles. The number of hydrogen-bond donors (Lipinski definition) is 1. The van der Waals surface area contributed by atoms with Crippen LogP contribution < -0.4 is 10.2 Å². The molecule has 2 aromatic rings. The highest BCUT2D eigenvalue weighted by molar-refractivity contribution is 7.89. The zero-order valence-electron chi connectivity index (χ0n) is 17.3. The molecule has 2 aliphatic rings. The van der Waals surface area contributed by atoms with Gasteiger partial charge in [-0.3, -0.25) is 0 Å². The van der Waals surface area contributed by atoms with E-state index in [0.29, 0.717) is 23.9 Å². The molecule has 7 heteroatoms. The molecule has 0 unspecified atom stereocenters. The lowest BCUT2D eigenvalue weighted by Gasteiger charge is -2.31. The molecule has 1 aromatic carbocycles. The number of benzene rings is 1. The van der Waals surface area contributed by atoms with Crippen LogP contribution in [0.15, 0.2) is 41.4 Å². The molecule has 0 radical (unpaired) electrons. The fourth-order valence-electron chi connectivity index (χ4n) is 4.10. The van der Waals surface area contributed by atoms with Gasteiger partial charge in [-0.1, -0.05) is 26.0 Å². The Hall–Kier alpha value is -1.96. The minimum atomic E-state index is -3.38. The largest absolute Gasteiger partial charge is 0.354 e. The van der Waals surface area contributed by atoms with E-state index in [-0.39, 0.29) is 0 Å². The summed E-state index contributed by atoms with van der Waals surface area (Å²) in [7, 11) is -3.38. The van der Waals surface area contributed by atoms with Gasteiger partial charge < -0.3 is 10.2 Å². The van der Waals surface area contributed by atoms with Gasteiger partial charge in [0, 0.05) is 51.0 Å². The Morgan fingerprint density at radius 3 is 2.24 bits per heavy atom. The maximum Gasteiger partial charge on any atom is 0.243 e. The van der Waals surface area contributed by atoms with E-state index in [1.54, 1.807) is 16.4 Å². The van der Waals surface area contributed by atoms with Crippen molar-refractivity contribution in [2.75, 3.05) is 44.2 Å². The number of pyridine rings is 1. The van der Waals surface area contributed by atoms with Gasteiger partial charge in [-0.15, -0.1) is 0 Å². The van der Waals surface area contributed by atoms with E-state index in [1.165, 1.54) is 5.56 Å². The highest BCUT2D eigenvalue weighted by Gasteiger charge is 2.27. The molecular weight excluding hydrogens is 384 g/mol. The zero-order chi connectivity index (χ0) is 20.4. The van der Waals surface area contributed by atoms with Crippen LogP contribution in [0, 0.1) is 0 Å². The van der Waals surface area contributed by atoms with Gasteiger partial charge >= 0.3 is 0 Å². The van der Waals surface area contributed by atoms with Crippen molar-refractivity contribution >= 4 is 15.8 Å². The van der Waals surface area contributed by atoms with Crippen LogP contribution in [0.3, 0.4) is 0 Å². The standard InChI is InChI=1S/C22H30N4O2S/c1-17(2)21-15-19(16-24-22(21)25-13-9-23-10-14-25)18-5-7-20(8-6-18)29(27,28)26-11-3-4-12-26/h5-8,15-17,23H,3-4,9-14H2,1-2H3. The van der Waals surface area contributed by atoms with Gasteiger partial charge in [0.1, 0.15) is 5.82 Å². The quantitative estimate of drug-likeness (QED) is 0.815. The third-order valence-corrected chi connectivity index (χ3v) is 7.74. The summed E-state index contributed by atoms with van der Waals surface area (Å²) in [5, 5.41) is 3.39. The topological polar surface area (TPSA) is 65.5 Å². The summed E-state index contributed by atoms with van der Waals surface area (Å²) in [6.07, 6.45) is 3.80. The first-order valence-corrected chi connectivity index (χ1v) is 12.0. The molecule has 156 valence electrons. The molecule has 1 aromatic heterocycles. The van der Waals surface area contributed by atoms with Crippen molar-refractivity contribution in [3.63, 3.8) is 0 Å². The predicted octanol–water partition coefficient (Wildman–Crippen LogP) is 3.07. The van der Waals surface area contributed by atoms with Gasteiger partial charge in [0.25, 0.3) is 0 Å². The second kappa shape index (κ2) is 8.42. The molecule has 0 amide bonds. The van der Waals surface area contributed by atoms with E-state index < -0.39 is 10.0 Å². The Balaban J connectivity index is 1.62. The molecule has 0 aliphatic carbocycles. The van der Waals surface area contributed by atoms with Gasteiger partial charge in [0.05, 0.1) is 4.90 Å². The Morgan fingerprint density at radius 1 is 0.966 bits per heavy atom. The summed E-state index contributed by atoms with van der Waals surface area (Å²) < 4.78 is 27.1. The second-order valence-corrected chi connectivity index (χ2v) is 10.1. The Kier molecular flexibility index (Phi) is 5.90. The minimum absolute atomic E-state index is 0.363. The van der Waals surface area contributed by atoms with Crippen molar-refractivity contribution in [2.24, 2.45) is 0 Å². The average molecular weight is 415 g/mol. The van der Waals surface area contributed by atoms with Crippen molar-refractivity contribution in [1.82, 2.24) is 14.6 Å². The number of aromatic nitrogens is 1. The molecule has 0 spiro atoms. The molecule has 0 bridgehead atoms. The Bertz CT molecular complexity index is 945. The SMILES string of the molecule is CC(C)c1cc(-c2ccc(S(=O)(=O)N3CCCC3)cc2)cnc1N1CCNCC1. The van der Waals surface area contributed by atoms with Crippen LogP contribution in [-0.4, -0.2) is 57.0 Å². The number of anilines is 1. The summed E-state index contributed by atoms with van der Waals surface area (Å²) in [6, 6.07) is 9.45. The first-order chi connectivity index (χ1) is 14.0. The lowest BCUT2D eigenvalue weighted by molar-refractivity contribution is 0.477. The highest BCUT2D eigenvalue weighted by atomic mass is 32.2. The fourth-order valence-corrected chi connectivity index (χ4v) is 5.61. The van der Waals surface area contributed by atoms with Gasteiger partial charge in [0.15, 0.2) is 0 Å². The van der Waals surface area contributed by atoms with Crippen LogP contribution in [0.2, 0.25) is 0 Å².